The quantitative estimate of drug-likeness (QED) is 0.658. The lowest BCUT2D eigenvalue weighted by atomic mass is 9.50. The van der Waals surface area contributed by atoms with Crippen LogP contribution < -0.4 is 0 Å². The highest BCUT2D eigenvalue weighted by Crippen LogP contribution is 2.65. The highest BCUT2D eigenvalue weighted by Gasteiger charge is 2.69. The summed E-state index contributed by atoms with van der Waals surface area (Å²) < 4.78 is 28.6. The van der Waals surface area contributed by atoms with E-state index in [1.165, 1.54) is 0 Å². The molecule has 0 amide bonds. The zero-order chi connectivity index (χ0) is 11.6. The average molecular weight is 223 g/mol. The molecule has 1 nitrogen and oxygen atoms in total. The van der Waals surface area contributed by atoms with Gasteiger partial charge in [-0.25, -0.2) is 8.78 Å². The molecule has 1 aromatic rings. The molecule has 0 N–H and O–H groups in total. The predicted octanol–water partition coefficient (Wildman–Crippen LogP) is 3.19. The van der Waals surface area contributed by atoms with Crippen molar-refractivity contribution < 1.29 is 8.78 Å². The summed E-state index contributed by atoms with van der Waals surface area (Å²) in [5, 5.41) is 0. The van der Waals surface area contributed by atoms with E-state index in [0.29, 0.717) is 0 Å². The van der Waals surface area contributed by atoms with Gasteiger partial charge in [-0.05, 0) is 35.4 Å². The largest absolute Gasteiger partial charge is 0.264 e. The molecule has 86 valence electrons. The number of hydrogen-bond acceptors (Lipinski definition) is 1. The molecule has 3 rings (SSSR count). The molecule has 0 radical (unpaired) electrons. The Balaban J connectivity index is 2.23. The van der Waals surface area contributed by atoms with Gasteiger partial charge in [0.1, 0.15) is 0 Å². The molecule has 2 aliphatic rings. The van der Waals surface area contributed by atoms with Crippen LogP contribution in [-0.2, 0) is 11.8 Å². The lowest BCUT2D eigenvalue weighted by Gasteiger charge is -2.55. The highest BCUT2D eigenvalue weighted by atomic mass is 19.3. The molecule has 2 unspecified atom stereocenters. The van der Waals surface area contributed by atoms with Gasteiger partial charge in [-0.1, -0.05) is 13.8 Å². The maximum Gasteiger partial charge on any atom is 0.262 e. The predicted molar refractivity (Wildman–Crippen MR) is 57.5 cm³/mol. The fourth-order valence-electron chi connectivity index (χ4n) is 4.01. The summed E-state index contributed by atoms with van der Waals surface area (Å²) in [6, 6.07) is 1.75. The smallest absolute Gasteiger partial charge is 0.262 e. The van der Waals surface area contributed by atoms with Gasteiger partial charge in [0.15, 0.2) is 0 Å². The average Bonchev–Trinajstić information content (AvgIpc) is 2.46. The van der Waals surface area contributed by atoms with E-state index in [4.69, 9.17) is 0 Å². The monoisotopic (exact) mass is 223 g/mol. The molecule has 16 heavy (non-hydrogen) atoms. The number of fused-ring (bicyclic) bond motifs is 2. The number of alkyl halides is 2. The fourth-order valence-corrected chi connectivity index (χ4v) is 4.01. The zero-order valence-electron chi connectivity index (χ0n) is 9.50. The summed E-state index contributed by atoms with van der Waals surface area (Å²) in [7, 11) is 0. The van der Waals surface area contributed by atoms with Gasteiger partial charge in [-0.15, -0.1) is 0 Å². The van der Waals surface area contributed by atoms with Gasteiger partial charge in [-0.2, -0.15) is 0 Å². The Kier molecular flexibility index (Phi) is 1.79. The van der Waals surface area contributed by atoms with Crippen LogP contribution in [0.2, 0.25) is 0 Å². The van der Waals surface area contributed by atoms with Gasteiger partial charge in [0.25, 0.3) is 5.92 Å². The molecular weight excluding hydrogens is 208 g/mol. The van der Waals surface area contributed by atoms with Crippen LogP contribution >= 0.6 is 0 Å². The minimum absolute atomic E-state index is 0.0583. The van der Waals surface area contributed by atoms with E-state index in [-0.39, 0.29) is 18.3 Å². The van der Waals surface area contributed by atoms with Crippen LogP contribution in [0, 0.1) is 11.8 Å². The number of nitrogens with zero attached hydrogens (tertiary/aromatic N) is 1. The van der Waals surface area contributed by atoms with Crippen molar-refractivity contribution >= 4 is 0 Å². The summed E-state index contributed by atoms with van der Waals surface area (Å²) in [6.45, 7) is 3.88. The van der Waals surface area contributed by atoms with Crippen LogP contribution in [0.15, 0.2) is 18.5 Å². The van der Waals surface area contributed by atoms with Crippen molar-refractivity contribution in [3.8, 4) is 0 Å². The van der Waals surface area contributed by atoms with Crippen molar-refractivity contribution in [2.24, 2.45) is 11.8 Å². The van der Waals surface area contributed by atoms with E-state index in [2.05, 4.69) is 4.98 Å². The molecular formula is C13H15F2N. The number of hydrogen-bond donors (Lipinski definition) is 0. The third-order valence-corrected chi connectivity index (χ3v) is 4.64. The van der Waals surface area contributed by atoms with E-state index in [1.807, 2.05) is 13.8 Å². The van der Waals surface area contributed by atoms with E-state index >= 15 is 0 Å². The van der Waals surface area contributed by atoms with Gasteiger partial charge in [0.2, 0.25) is 0 Å². The maximum atomic E-state index is 14.3. The molecule has 1 aromatic heterocycles. The lowest BCUT2D eigenvalue weighted by molar-refractivity contribution is -0.157. The molecule has 0 aromatic carbocycles. The lowest BCUT2D eigenvalue weighted by Crippen LogP contribution is -2.59. The summed E-state index contributed by atoms with van der Waals surface area (Å²) in [4.78, 5) is 4.03. The minimum atomic E-state index is -2.60. The van der Waals surface area contributed by atoms with Crippen LogP contribution in [0.4, 0.5) is 8.78 Å². The van der Waals surface area contributed by atoms with Crippen LogP contribution in [0.3, 0.4) is 0 Å². The third-order valence-electron chi connectivity index (χ3n) is 4.64. The normalized spacial score (nSPS) is 39.5. The summed E-state index contributed by atoms with van der Waals surface area (Å²) >= 11 is 0. The molecule has 0 bridgehead atoms. The first-order valence-corrected chi connectivity index (χ1v) is 5.81. The Morgan fingerprint density at radius 3 is 2.62 bits per heavy atom. The number of pyridine rings is 1. The summed E-state index contributed by atoms with van der Waals surface area (Å²) in [5.41, 5.74) is 0.654. The Bertz CT molecular complexity index is 433. The van der Waals surface area contributed by atoms with Crippen molar-refractivity contribution in [3.05, 3.63) is 29.6 Å². The molecule has 1 fully saturated rings. The number of aromatic nitrogens is 1. The first-order valence-electron chi connectivity index (χ1n) is 5.81. The molecule has 0 saturated heterocycles. The zero-order valence-corrected chi connectivity index (χ0v) is 9.50. The van der Waals surface area contributed by atoms with Gasteiger partial charge in [0, 0.05) is 18.8 Å². The van der Waals surface area contributed by atoms with Crippen molar-refractivity contribution in [2.45, 2.75) is 38.0 Å². The molecule has 1 heterocycles. The second-order valence-corrected chi connectivity index (χ2v) is 5.32. The van der Waals surface area contributed by atoms with E-state index < -0.39 is 11.3 Å². The van der Waals surface area contributed by atoms with Crippen molar-refractivity contribution in [2.75, 3.05) is 0 Å². The molecule has 3 heteroatoms. The fraction of sp³-hybridized carbons (Fsp3) is 0.615. The minimum Gasteiger partial charge on any atom is -0.264 e. The van der Waals surface area contributed by atoms with Crippen LogP contribution in [0.1, 0.15) is 31.4 Å². The molecule has 1 spiro atoms. The SMILES string of the molecule is CC1CC(C)C12c1cnccc1CC2(F)F. The Morgan fingerprint density at radius 2 is 2.00 bits per heavy atom. The molecule has 2 aliphatic carbocycles. The number of halogens is 2. The first kappa shape index (κ1) is 10.2. The topological polar surface area (TPSA) is 12.9 Å². The second kappa shape index (κ2) is 2.82. The Hall–Kier alpha value is -0.990. The van der Waals surface area contributed by atoms with Crippen molar-refractivity contribution in [1.82, 2.24) is 4.98 Å². The van der Waals surface area contributed by atoms with Gasteiger partial charge < -0.3 is 0 Å². The molecule has 1 saturated carbocycles. The van der Waals surface area contributed by atoms with Crippen LogP contribution in [0.25, 0.3) is 0 Å². The second-order valence-electron chi connectivity index (χ2n) is 5.32. The number of rotatable bonds is 0. The molecule has 2 atom stereocenters. The Labute approximate surface area is 93.9 Å². The van der Waals surface area contributed by atoms with Gasteiger partial charge >= 0.3 is 0 Å². The van der Waals surface area contributed by atoms with E-state index in [1.54, 1.807) is 18.5 Å². The van der Waals surface area contributed by atoms with Gasteiger partial charge in [0.05, 0.1) is 5.41 Å². The summed E-state index contributed by atoms with van der Waals surface area (Å²) in [6.07, 6.45) is 4.05. The van der Waals surface area contributed by atoms with Crippen molar-refractivity contribution in [1.29, 1.82) is 0 Å². The van der Waals surface area contributed by atoms with Crippen molar-refractivity contribution in [3.63, 3.8) is 0 Å². The highest BCUT2D eigenvalue weighted by molar-refractivity contribution is 5.45. The van der Waals surface area contributed by atoms with Crippen LogP contribution in [0.5, 0.6) is 0 Å². The first-order chi connectivity index (χ1) is 7.50. The maximum absolute atomic E-state index is 14.3. The third kappa shape index (κ3) is 0.886. The van der Waals surface area contributed by atoms with E-state index in [0.717, 1.165) is 17.5 Å². The molecule has 0 aliphatic heterocycles. The van der Waals surface area contributed by atoms with E-state index in [9.17, 15) is 8.78 Å². The van der Waals surface area contributed by atoms with Gasteiger partial charge in [-0.3, -0.25) is 4.98 Å². The standard InChI is InChI=1S/C13H15F2N/c1-8-5-9(2)13(8)11-7-16-4-3-10(11)6-12(13,14)15/h3-4,7-9H,5-6H2,1-2H3. The summed E-state index contributed by atoms with van der Waals surface area (Å²) in [5.74, 6) is -2.49. The Morgan fingerprint density at radius 1 is 1.31 bits per heavy atom. The van der Waals surface area contributed by atoms with Crippen LogP contribution in [-0.4, -0.2) is 10.9 Å².